The number of nitrogens with zero attached hydrogens (tertiary/aromatic N) is 1. The fourth-order valence-electron chi connectivity index (χ4n) is 2.87. The monoisotopic (exact) mass is 371 g/mol. The van der Waals surface area contributed by atoms with Gasteiger partial charge in [0, 0.05) is 13.1 Å². The molecule has 0 N–H and O–H groups in total. The molecule has 0 radical (unpaired) electrons. The van der Waals surface area contributed by atoms with Crippen LogP contribution < -0.4 is 0 Å². The van der Waals surface area contributed by atoms with Crippen LogP contribution in [-0.4, -0.2) is 23.3 Å². The smallest absolute Gasteiger partial charge is 0.354 e. The van der Waals surface area contributed by atoms with E-state index in [1.807, 2.05) is 79.4 Å². The van der Waals surface area contributed by atoms with Crippen LogP contribution in [0.5, 0.6) is 0 Å². The van der Waals surface area contributed by atoms with Crippen molar-refractivity contribution in [3.8, 4) is 0 Å². The van der Waals surface area contributed by atoms with Gasteiger partial charge in [-0.05, 0) is 25.0 Å². The highest BCUT2D eigenvalue weighted by Crippen LogP contribution is 2.32. The molecule has 0 aromatic heterocycles. The maximum absolute atomic E-state index is 12.1. The highest BCUT2D eigenvalue weighted by Gasteiger charge is 2.38. The lowest BCUT2D eigenvalue weighted by molar-refractivity contribution is -0.168. The molecule has 0 spiro atoms. The molecule has 2 aromatic carbocycles. The SMILES string of the molecule is CC(C)OC1OC(=O)C(Cl)=C1N(Cc1ccccc1)Cc1ccccc1. The summed E-state index contributed by atoms with van der Waals surface area (Å²) in [7, 11) is 0. The van der Waals surface area contributed by atoms with Gasteiger partial charge in [-0.15, -0.1) is 0 Å². The number of benzene rings is 2. The highest BCUT2D eigenvalue weighted by molar-refractivity contribution is 6.42. The third kappa shape index (κ3) is 4.45. The van der Waals surface area contributed by atoms with Crippen LogP contribution in [0.2, 0.25) is 0 Å². The van der Waals surface area contributed by atoms with Gasteiger partial charge in [0.1, 0.15) is 5.70 Å². The fraction of sp³-hybridized carbons (Fsp3) is 0.286. The summed E-state index contributed by atoms with van der Waals surface area (Å²) in [6, 6.07) is 20.1. The molecule has 0 saturated heterocycles. The number of carbonyl (C=O) groups excluding carboxylic acids is 1. The lowest BCUT2D eigenvalue weighted by Gasteiger charge is -2.29. The molecule has 1 aliphatic rings. The number of carbonyl (C=O) groups is 1. The Bertz CT molecular complexity index is 733. The number of hydrogen-bond donors (Lipinski definition) is 0. The van der Waals surface area contributed by atoms with Crippen molar-refractivity contribution in [2.45, 2.75) is 39.3 Å². The normalized spacial score (nSPS) is 16.9. The van der Waals surface area contributed by atoms with Crippen molar-refractivity contribution in [3.05, 3.63) is 82.5 Å². The van der Waals surface area contributed by atoms with Crippen LogP contribution in [-0.2, 0) is 27.4 Å². The highest BCUT2D eigenvalue weighted by atomic mass is 35.5. The van der Waals surface area contributed by atoms with Gasteiger partial charge in [-0.3, -0.25) is 0 Å². The van der Waals surface area contributed by atoms with E-state index in [-0.39, 0.29) is 11.1 Å². The van der Waals surface area contributed by atoms with Crippen molar-refractivity contribution in [3.63, 3.8) is 0 Å². The van der Waals surface area contributed by atoms with E-state index in [1.165, 1.54) is 0 Å². The Morgan fingerprint density at radius 3 is 1.96 bits per heavy atom. The van der Waals surface area contributed by atoms with Gasteiger partial charge < -0.3 is 14.4 Å². The zero-order valence-corrected chi connectivity index (χ0v) is 15.6. The largest absolute Gasteiger partial charge is 0.425 e. The molecular formula is C21H22ClNO3. The summed E-state index contributed by atoms with van der Waals surface area (Å²) in [5.41, 5.74) is 2.81. The fourth-order valence-corrected chi connectivity index (χ4v) is 3.13. The van der Waals surface area contributed by atoms with Crippen molar-refractivity contribution in [2.24, 2.45) is 0 Å². The van der Waals surface area contributed by atoms with E-state index in [1.54, 1.807) is 0 Å². The second kappa shape index (κ2) is 8.39. The van der Waals surface area contributed by atoms with Crippen LogP contribution in [0.25, 0.3) is 0 Å². The summed E-state index contributed by atoms with van der Waals surface area (Å²) in [5, 5.41) is 0.0857. The quantitative estimate of drug-likeness (QED) is 0.674. The van der Waals surface area contributed by atoms with E-state index in [4.69, 9.17) is 21.1 Å². The molecule has 0 aliphatic carbocycles. The number of halogens is 1. The molecule has 1 unspecified atom stereocenters. The molecule has 1 heterocycles. The topological polar surface area (TPSA) is 38.8 Å². The Labute approximate surface area is 159 Å². The molecule has 0 fully saturated rings. The first kappa shape index (κ1) is 18.5. The number of rotatable bonds is 7. The minimum absolute atomic E-state index is 0.0857. The molecule has 0 amide bonds. The van der Waals surface area contributed by atoms with Gasteiger partial charge in [-0.1, -0.05) is 72.3 Å². The van der Waals surface area contributed by atoms with Crippen LogP contribution in [0, 0.1) is 0 Å². The van der Waals surface area contributed by atoms with Gasteiger partial charge >= 0.3 is 5.97 Å². The van der Waals surface area contributed by atoms with Crippen LogP contribution >= 0.6 is 11.6 Å². The van der Waals surface area contributed by atoms with Crippen LogP contribution in [0.1, 0.15) is 25.0 Å². The van der Waals surface area contributed by atoms with Gasteiger partial charge in [0.2, 0.25) is 6.29 Å². The maximum Gasteiger partial charge on any atom is 0.354 e. The van der Waals surface area contributed by atoms with Crippen molar-refractivity contribution < 1.29 is 14.3 Å². The molecule has 1 atom stereocenters. The Kier molecular flexibility index (Phi) is 5.96. The Hall–Kier alpha value is -2.30. The summed E-state index contributed by atoms with van der Waals surface area (Å²) >= 11 is 6.32. The van der Waals surface area contributed by atoms with E-state index in [9.17, 15) is 4.79 Å². The third-order valence-corrected chi connectivity index (χ3v) is 4.36. The Morgan fingerprint density at radius 1 is 1.00 bits per heavy atom. The molecule has 1 aliphatic heterocycles. The third-order valence-electron chi connectivity index (χ3n) is 4.01. The minimum atomic E-state index is -0.789. The average Bonchev–Trinajstić information content (AvgIpc) is 2.89. The zero-order valence-electron chi connectivity index (χ0n) is 14.9. The standard InChI is InChI=1S/C21H22ClNO3/c1-15(2)25-21-19(18(22)20(24)26-21)23(13-16-9-5-3-6-10-16)14-17-11-7-4-8-12-17/h3-12,15,21H,13-14H2,1-2H3. The maximum atomic E-state index is 12.1. The predicted octanol–water partition coefficient (Wildman–Crippen LogP) is 4.45. The van der Waals surface area contributed by atoms with Gasteiger partial charge in [0.25, 0.3) is 0 Å². The van der Waals surface area contributed by atoms with E-state index in [2.05, 4.69) is 0 Å². The first-order valence-electron chi connectivity index (χ1n) is 8.63. The minimum Gasteiger partial charge on any atom is -0.425 e. The lowest BCUT2D eigenvalue weighted by atomic mass is 10.1. The van der Waals surface area contributed by atoms with Gasteiger partial charge in [0.05, 0.1) is 6.10 Å². The summed E-state index contributed by atoms with van der Waals surface area (Å²) in [6.45, 7) is 4.98. The van der Waals surface area contributed by atoms with E-state index in [0.29, 0.717) is 18.8 Å². The number of esters is 1. The predicted molar refractivity (Wildman–Crippen MR) is 101 cm³/mol. The molecule has 4 nitrogen and oxygen atoms in total. The van der Waals surface area contributed by atoms with Crippen molar-refractivity contribution in [1.82, 2.24) is 4.90 Å². The van der Waals surface area contributed by atoms with Crippen LogP contribution in [0.4, 0.5) is 0 Å². The lowest BCUT2D eigenvalue weighted by Crippen LogP contribution is -2.31. The summed E-state index contributed by atoms with van der Waals surface area (Å²) in [4.78, 5) is 14.1. The van der Waals surface area contributed by atoms with E-state index in [0.717, 1.165) is 11.1 Å². The molecule has 2 aromatic rings. The van der Waals surface area contributed by atoms with E-state index >= 15 is 0 Å². The number of hydrogen-bond acceptors (Lipinski definition) is 4. The van der Waals surface area contributed by atoms with Gasteiger partial charge in [-0.25, -0.2) is 4.79 Å². The molecule has 26 heavy (non-hydrogen) atoms. The molecule has 3 rings (SSSR count). The Morgan fingerprint density at radius 2 is 1.50 bits per heavy atom. The summed E-state index contributed by atoms with van der Waals surface area (Å²) in [5.74, 6) is -0.543. The second-order valence-corrected chi connectivity index (χ2v) is 6.83. The van der Waals surface area contributed by atoms with Gasteiger partial charge in [-0.2, -0.15) is 0 Å². The van der Waals surface area contributed by atoms with Crippen molar-refractivity contribution in [1.29, 1.82) is 0 Å². The van der Waals surface area contributed by atoms with Crippen LogP contribution in [0.15, 0.2) is 71.4 Å². The second-order valence-electron chi connectivity index (χ2n) is 6.45. The van der Waals surface area contributed by atoms with E-state index < -0.39 is 12.3 Å². The first-order chi connectivity index (χ1) is 12.5. The Balaban J connectivity index is 1.93. The molecule has 5 heteroatoms. The van der Waals surface area contributed by atoms with Crippen LogP contribution in [0.3, 0.4) is 0 Å². The van der Waals surface area contributed by atoms with Crippen molar-refractivity contribution in [2.75, 3.05) is 0 Å². The number of ether oxygens (including phenoxy) is 2. The molecule has 0 bridgehead atoms. The first-order valence-corrected chi connectivity index (χ1v) is 9.01. The van der Waals surface area contributed by atoms with Gasteiger partial charge in [0.15, 0.2) is 5.03 Å². The summed E-state index contributed by atoms with van der Waals surface area (Å²) in [6.07, 6.45) is -0.886. The zero-order chi connectivity index (χ0) is 18.5. The summed E-state index contributed by atoms with van der Waals surface area (Å²) < 4.78 is 11.1. The molecular weight excluding hydrogens is 350 g/mol. The number of cyclic esters (lactones) is 1. The van der Waals surface area contributed by atoms with Crippen molar-refractivity contribution >= 4 is 17.6 Å². The molecule has 0 saturated carbocycles. The molecule has 136 valence electrons. The average molecular weight is 372 g/mol.